The van der Waals surface area contributed by atoms with E-state index in [0.29, 0.717) is 25.0 Å². The first-order valence-corrected chi connectivity index (χ1v) is 9.70. The summed E-state index contributed by atoms with van der Waals surface area (Å²) < 4.78 is 6.99. The van der Waals surface area contributed by atoms with E-state index in [1.165, 1.54) is 9.37 Å². The van der Waals surface area contributed by atoms with Gasteiger partial charge in [-0.3, -0.25) is 4.99 Å². The monoisotopic (exact) mass is 456 g/mol. The van der Waals surface area contributed by atoms with Gasteiger partial charge in [0.2, 0.25) is 0 Å². The Balaban J connectivity index is 0.000000624. The second-order valence-corrected chi connectivity index (χ2v) is 6.48. The van der Waals surface area contributed by atoms with Crippen molar-refractivity contribution in [2.45, 2.75) is 27.9 Å². The van der Waals surface area contributed by atoms with E-state index < -0.39 is 0 Å². The van der Waals surface area contributed by atoms with Gasteiger partial charge in [0.1, 0.15) is 33.4 Å². The third kappa shape index (κ3) is 11.9. The molecule has 2 rings (SSSR count). The first-order chi connectivity index (χ1) is 15.3. The zero-order valence-corrected chi connectivity index (χ0v) is 19.7. The lowest BCUT2D eigenvalue weighted by atomic mass is 10.6. The first-order valence-electron chi connectivity index (χ1n) is 9.70. The fourth-order valence-electron chi connectivity index (χ4n) is 2.37. The van der Waals surface area contributed by atoms with E-state index in [2.05, 4.69) is 54.7 Å². The zero-order chi connectivity index (χ0) is 23.9. The van der Waals surface area contributed by atoms with Crippen LogP contribution in [-0.4, -0.2) is 78.5 Å². The molecule has 0 aliphatic rings. The molecule has 0 atom stereocenters. The molecule has 0 aliphatic heterocycles. The molecule has 0 saturated carbocycles. The minimum absolute atomic E-state index is 0. The van der Waals surface area contributed by atoms with Crippen molar-refractivity contribution in [2.75, 3.05) is 34.9 Å². The zero-order valence-electron chi connectivity index (χ0n) is 19.7. The molecule has 12 nitrogen and oxygen atoms in total. The van der Waals surface area contributed by atoms with Gasteiger partial charge in [-0.05, 0) is 31.8 Å². The molecule has 33 heavy (non-hydrogen) atoms. The van der Waals surface area contributed by atoms with Crippen molar-refractivity contribution in [3.05, 3.63) is 47.5 Å². The molecule has 0 N–H and O–H groups in total. The lowest BCUT2D eigenvalue weighted by molar-refractivity contribution is -0.428. The standard InChI is InChI=1S/C12H16N6.C8H16N6.CH4/c1-13-14-11-6-4-8-17(11)10-18-9-5-7-12(18)15-16(2)3;1-7(12-9-3)10-6-11-8(2)13-14(4)5;/h4-9H,2,10H2,1,3H3;4,6H2,1-3,5H3;1H4. The van der Waals surface area contributed by atoms with Gasteiger partial charge in [-0.15, -0.1) is 10.2 Å². The molecule has 0 spiro atoms. The summed E-state index contributed by atoms with van der Waals surface area (Å²) in [5.41, 5.74) is 8.26. The number of aliphatic imine (C=N–C) groups is 2. The topological polar surface area (TPSA) is 118 Å². The molecule has 12 heteroatoms. The van der Waals surface area contributed by atoms with Crippen molar-refractivity contribution in [1.29, 1.82) is 0 Å². The lowest BCUT2D eigenvalue weighted by Crippen LogP contribution is -2.06. The maximum atomic E-state index is 4.29. The summed E-state index contributed by atoms with van der Waals surface area (Å²) in [6, 6.07) is 7.75. The van der Waals surface area contributed by atoms with Gasteiger partial charge < -0.3 is 14.1 Å². The molecule has 0 aliphatic carbocycles. The minimum atomic E-state index is 0. The average Bonchev–Trinajstić information content (AvgIpc) is 3.32. The van der Waals surface area contributed by atoms with Crippen LogP contribution in [0.15, 0.2) is 67.1 Å². The van der Waals surface area contributed by atoms with Crippen LogP contribution < -0.4 is 0 Å². The predicted molar refractivity (Wildman–Crippen MR) is 136 cm³/mol. The molecule has 2 aromatic rings. The van der Waals surface area contributed by atoms with E-state index in [1.807, 2.05) is 45.8 Å². The Bertz CT molecular complexity index is 991. The summed E-state index contributed by atoms with van der Waals surface area (Å²) in [5.74, 6) is 2.90. The van der Waals surface area contributed by atoms with E-state index in [4.69, 9.17) is 0 Å². The van der Waals surface area contributed by atoms with Gasteiger partial charge in [0.05, 0.1) is 0 Å². The Labute approximate surface area is 196 Å². The number of hydrogen-bond acceptors (Lipinski definition) is 5. The second kappa shape index (κ2) is 15.8. The molecule has 2 heterocycles. The van der Waals surface area contributed by atoms with Gasteiger partial charge in [0, 0.05) is 39.4 Å². The molecule has 2 aromatic heterocycles. The summed E-state index contributed by atoms with van der Waals surface area (Å²) in [4.78, 5) is 8.10. The average molecular weight is 457 g/mol. The number of nitrogens with zero attached hydrogens (tertiary/aromatic N) is 12. The fraction of sp³-hybridized carbons (Fsp3) is 0.429. The van der Waals surface area contributed by atoms with Crippen molar-refractivity contribution in [2.24, 2.45) is 30.4 Å². The Hall–Kier alpha value is -3.96. The van der Waals surface area contributed by atoms with Crippen LogP contribution in [0.1, 0.15) is 21.3 Å². The van der Waals surface area contributed by atoms with E-state index in [1.54, 1.807) is 42.0 Å². The molecule has 0 amide bonds. The Morgan fingerprint density at radius 2 is 1.64 bits per heavy atom. The van der Waals surface area contributed by atoms with E-state index in [9.17, 15) is 0 Å². The summed E-state index contributed by atoms with van der Waals surface area (Å²) in [5, 5.41) is 15.2. The highest BCUT2D eigenvalue weighted by atomic mass is 15.4. The third-order valence-electron chi connectivity index (χ3n) is 3.55. The lowest BCUT2D eigenvalue weighted by Gasteiger charge is -2.17. The van der Waals surface area contributed by atoms with Crippen LogP contribution in [0.25, 0.3) is 10.9 Å². The number of hydrogen-bond donors (Lipinski definition) is 0. The van der Waals surface area contributed by atoms with Crippen LogP contribution in [0.2, 0.25) is 0 Å². The highest BCUT2D eigenvalue weighted by Gasteiger charge is 1.99. The maximum Gasteiger partial charge on any atom is 0.154 e. The van der Waals surface area contributed by atoms with Crippen LogP contribution >= 0.6 is 0 Å². The Morgan fingerprint density at radius 1 is 0.970 bits per heavy atom. The molecule has 0 radical (unpaired) electrons. The molecule has 0 fully saturated rings. The summed E-state index contributed by atoms with van der Waals surface area (Å²) in [6.45, 7) is 11.8. The number of rotatable bonds is 8. The molecule has 180 valence electrons. The normalized spacial score (nSPS) is 11.7. The maximum absolute atomic E-state index is 4.29. The summed E-state index contributed by atoms with van der Waals surface area (Å²) in [7, 11) is 6.79. The van der Waals surface area contributed by atoms with Crippen molar-refractivity contribution in [3.8, 4) is 0 Å². The number of aromatic nitrogens is 2. The largest absolute Gasteiger partial charge is 0.445 e. The number of azo groups is 2. The molecule has 0 bridgehead atoms. The smallest absolute Gasteiger partial charge is 0.154 e. The quantitative estimate of drug-likeness (QED) is 0.176. The second-order valence-electron chi connectivity index (χ2n) is 6.48. The van der Waals surface area contributed by atoms with Gasteiger partial charge in [0.25, 0.3) is 0 Å². The van der Waals surface area contributed by atoms with Crippen molar-refractivity contribution in [3.63, 3.8) is 0 Å². The van der Waals surface area contributed by atoms with E-state index in [-0.39, 0.29) is 7.43 Å². The summed E-state index contributed by atoms with van der Waals surface area (Å²) >= 11 is 0. The fourth-order valence-corrected chi connectivity index (χ4v) is 2.37. The minimum Gasteiger partial charge on any atom is -0.445 e. The molecule has 0 unspecified atom stereocenters. The highest BCUT2D eigenvalue weighted by Crippen LogP contribution is 2.20. The number of amidine groups is 2. The van der Waals surface area contributed by atoms with Crippen LogP contribution in [0.3, 0.4) is 0 Å². The van der Waals surface area contributed by atoms with Crippen LogP contribution in [0, 0.1) is 0 Å². The van der Waals surface area contributed by atoms with Gasteiger partial charge in [0.15, 0.2) is 5.82 Å². The highest BCUT2D eigenvalue weighted by molar-refractivity contribution is 5.90. The van der Waals surface area contributed by atoms with Crippen molar-refractivity contribution < 1.29 is 9.37 Å². The Morgan fingerprint density at radius 3 is 2.24 bits per heavy atom. The van der Waals surface area contributed by atoms with Crippen molar-refractivity contribution >= 4 is 36.7 Å². The molecular formula is C21H36N12. The van der Waals surface area contributed by atoms with E-state index in [0.717, 1.165) is 11.6 Å². The van der Waals surface area contributed by atoms with Crippen LogP contribution in [0.4, 0.5) is 11.6 Å². The SMILES string of the molecule is C.C=[N+](C)[N-]C(C)=NCN=C(C)N=NC.C=[N+](C)[N-]c1cccn1Cn1cccc1N=NC. The van der Waals surface area contributed by atoms with Crippen LogP contribution in [0.5, 0.6) is 0 Å². The predicted octanol–water partition coefficient (Wildman–Crippen LogP) is 4.90. The molecule has 0 aromatic carbocycles. The van der Waals surface area contributed by atoms with Crippen LogP contribution in [-0.2, 0) is 6.67 Å². The third-order valence-corrected chi connectivity index (χ3v) is 3.55. The van der Waals surface area contributed by atoms with Gasteiger partial charge >= 0.3 is 0 Å². The van der Waals surface area contributed by atoms with Crippen molar-refractivity contribution in [1.82, 2.24) is 9.13 Å². The molecular weight excluding hydrogens is 420 g/mol. The summed E-state index contributed by atoms with van der Waals surface area (Å²) in [6.07, 6.45) is 3.93. The molecule has 0 saturated heterocycles. The van der Waals surface area contributed by atoms with Gasteiger partial charge in [-0.2, -0.15) is 19.6 Å². The van der Waals surface area contributed by atoms with E-state index >= 15 is 0 Å². The van der Waals surface area contributed by atoms with Gasteiger partial charge in [-0.25, -0.2) is 10.9 Å². The van der Waals surface area contributed by atoms with Gasteiger partial charge in [-0.1, -0.05) is 25.8 Å². The first kappa shape index (κ1) is 29.0. The Kier molecular flexibility index (Phi) is 13.9.